The van der Waals surface area contributed by atoms with Gasteiger partial charge in [0.25, 0.3) is 0 Å². The van der Waals surface area contributed by atoms with Crippen molar-refractivity contribution in [1.82, 2.24) is 9.88 Å². The average molecular weight is 290 g/mol. The van der Waals surface area contributed by atoms with Gasteiger partial charge >= 0.3 is 0 Å². The summed E-state index contributed by atoms with van der Waals surface area (Å²) in [5.74, 6) is -0.400. The molecule has 1 fully saturated rings. The number of benzene rings is 1. The lowest BCUT2D eigenvalue weighted by molar-refractivity contribution is 0.188. The molecular formula is C16H19FN2O2. The molecule has 1 aliphatic rings. The number of rotatable bonds is 4. The SMILES string of the molecule is O=c1cc(CN2CCC[C@H]2CCO)[nH]c2ccc(F)cc12. The minimum absolute atomic E-state index is 0.156. The molecule has 3 rings (SSSR count). The fourth-order valence-corrected chi connectivity index (χ4v) is 3.16. The van der Waals surface area contributed by atoms with E-state index in [1.807, 2.05) is 0 Å². The van der Waals surface area contributed by atoms with Crippen molar-refractivity contribution >= 4 is 10.9 Å². The number of H-pyrrole nitrogens is 1. The van der Waals surface area contributed by atoms with Gasteiger partial charge in [-0.1, -0.05) is 0 Å². The third-order valence-electron chi connectivity index (χ3n) is 4.18. The van der Waals surface area contributed by atoms with Crippen LogP contribution in [0.3, 0.4) is 0 Å². The largest absolute Gasteiger partial charge is 0.396 e. The number of aromatic nitrogens is 1. The summed E-state index contributed by atoms with van der Waals surface area (Å²) in [5.41, 5.74) is 1.34. The van der Waals surface area contributed by atoms with Crippen LogP contribution in [0.25, 0.3) is 10.9 Å². The van der Waals surface area contributed by atoms with Crippen LogP contribution in [0, 0.1) is 5.82 Å². The minimum Gasteiger partial charge on any atom is -0.396 e. The first kappa shape index (κ1) is 14.2. The molecule has 112 valence electrons. The molecule has 0 radical (unpaired) electrons. The highest BCUT2D eigenvalue weighted by molar-refractivity contribution is 5.78. The van der Waals surface area contributed by atoms with E-state index in [4.69, 9.17) is 5.11 Å². The molecule has 5 heteroatoms. The molecule has 0 amide bonds. The van der Waals surface area contributed by atoms with Gasteiger partial charge in [0.15, 0.2) is 5.43 Å². The number of fused-ring (bicyclic) bond motifs is 1. The van der Waals surface area contributed by atoms with Gasteiger partial charge in [-0.15, -0.1) is 0 Å². The van der Waals surface area contributed by atoms with Crippen molar-refractivity contribution in [2.75, 3.05) is 13.2 Å². The number of hydrogen-bond acceptors (Lipinski definition) is 3. The first-order chi connectivity index (χ1) is 10.2. The number of pyridine rings is 1. The molecular weight excluding hydrogens is 271 g/mol. The van der Waals surface area contributed by atoms with Crippen molar-refractivity contribution in [1.29, 1.82) is 0 Å². The maximum absolute atomic E-state index is 13.2. The zero-order valence-electron chi connectivity index (χ0n) is 11.8. The molecule has 2 N–H and O–H groups in total. The smallest absolute Gasteiger partial charge is 0.189 e. The number of likely N-dealkylation sites (tertiary alicyclic amines) is 1. The van der Waals surface area contributed by atoms with E-state index in [1.165, 1.54) is 12.1 Å². The van der Waals surface area contributed by atoms with E-state index in [-0.39, 0.29) is 12.0 Å². The second-order valence-corrected chi connectivity index (χ2v) is 5.63. The van der Waals surface area contributed by atoms with Crippen LogP contribution >= 0.6 is 0 Å². The molecule has 4 nitrogen and oxygen atoms in total. The third-order valence-corrected chi connectivity index (χ3v) is 4.18. The van der Waals surface area contributed by atoms with Gasteiger partial charge < -0.3 is 10.1 Å². The standard InChI is InChI=1S/C16H19FN2O2/c17-11-3-4-15-14(8-11)16(21)9-12(18-15)10-19-6-1-2-13(19)5-7-20/h3-4,8-9,13,20H,1-2,5-7,10H2,(H,18,21)/t13-/m0/s1. The van der Waals surface area contributed by atoms with E-state index in [2.05, 4.69) is 9.88 Å². The Labute approximate surface area is 122 Å². The van der Waals surface area contributed by atoms with Gasteiger partial charge in [0.2, 0.25) is 0 Å². The molecule has 0 unspecified atom stereocenters. The number of hydrogen-bond donors (Lipinski definition) is 2. The average Bonchev–Trinajstić information content (AvgIpc) is 2.88. The monoisotopic (exact) mass is 290 g/mol. The van der Waals surface area contributed by atoms with Crippen molar-refractivity contribution in [3.8, 4) is 0 Å². The summed E-state index contributed by atoms with van der Waals surface area (Å²) in [6, 6.07) is 6.15. The number of nitrogens with one attached hydrogen (secondary N) is 1. The molecule has 1 aromatic carbocycles. The van der Waals surface area contributed by atoms with Crippen molar-refractivity contribution in [3.63, 3.8) is 0 Å². The number of aliphatic hydroxyl groups is 1. The number of aliphatic hydroxyl groups excluding tert-OH is 1. The van der Waals surface area contributed by atoms with Gasteiger partial charge in [0, 0.05) is 41.9 Å². The lowest BCUT2D eigenvalue weighted by Crippen LogP contribution is -2.30. The van der Waals surface area contributed by atoms with Crippen LogP contribution in [0.2, 0.25) is 0 Å². The fourth-order valence-electron chi connectivity index (χ4n) is 3.16. The summed E-state index contributed by atoms with van der Waals surface area (Å²) in [7, 11) is 0. The zero-order chi connectivity index (χ0) is 14.8. The Morgan fingerprint density at radius 2 is 2.24 bits per heavy atom. The highest BCUT2D eigenvalue weighted by Crippen LogP contribution is 2.22. The van der Waals surface area contributed by atoms with Crippen LogP contribution in [-0.2, 0) is 6.54 Å². The number of halogens is 1. The van der Waals surface area contributed by atoms with Crippen LogP contribution in [0.5, 0.6) is 0 Å². The molecule has 1 atom stereocenters. The molecule has 0 bridgehead atoms. The lowest BCUT2D eigenvalue weighted by atomic mass is 10.1. The molecule has 0 spiro atoms. The molecule has 21 heavy (non-hydrogen) atoms. The van der Waals surface area contributed by atoms with E-state index in [9.17, 15) is 9.18 Å². The van der Waals surface area contributed by atoms with Crippen LogP contribution in [0.1, 0.15) is 25.0 Å². The minimum atomic E-state index is -0.400. The van der Waals surface area contributed by atoms with Gasteiger partial charge in [0.1, 0.15) is 5.82 Å². The second-order valence-electron chi connectivity index (χ2n) is 5.63. The summed E-state index contributed by atoms with van der Waals surface area (Å²) < 4.78 is 13.2. The molecule has 0 saturated carbocycles. The first-order valence-electron chi connectivity index (χ1n) is 7.34. The van der Waals surface area contributed by atoms with Crippen LogP contribution < -0.4 is 5.43 Å². The van der Waals surface area contributed by atoms with Gasteiger partial charge in [-0.25, -0.2) is 4.39 Å². The Bertz CT molecular complexity index is 698. The predicted molar refractivity (Wildman–Crippen MR) is 79.7 cm³/mol. The Morgan fingerprint density at radius 3 is 3.05 bits per heavy atom. The molecule has 1 saturated heterocycles. The van der Waals surface area contributed by atoms with Gasteiger partial charge in [0.05, 0.1) is 0 Å². The van der Waals surface area contributed by atoms with Crippen LogP contribution in [0.4, 0.5) is 4.39 Å². The Balaban J connectivity index is 1.87. The van der Waals surface area contributed by atoms with Gasteiger partial charge in [-0.3, -0.25) is 9.69 Å². The van der Waals surface area contributed by atoms with E-state index in [0.717, 1.165) is 31.5 Å². The Kier molecular flexibility index (Phi) is 4.03. The predicted octanol–water partition coefficient (Wildman–Crippen LogP) is 2.01. The zero-order valence-corrected chi connectivity index (χ0v) is 11.8. The number of aromatic amines is 1. The summed E-state index contributed by atoms with van der Waals surface area (Å²) in [6.45, 7) is 1.83. The third kappa shape index (κ3) is 2.99. The maximum atomic E-state index is 13.2. The van der Waals surface area contributed by atoms with E-state index >= 15 is 0 Å². The lowest BCUT2D eigenvalue weighted by Gasteiger charge is -2.23. The first-order valence-corrected chi connectivity index (χ1v) is 7.34. The van der Waals surface area contributed by atoms with E-state index < -0.39 is 5.82 Å². The summed E-state index contributed by atoms with van der Waals surface area (Å²) >= 11 is 0. The quantitative estimate of drug-likeness (QED) is 0.905. The summed E-state index contributed by atoms with van der Waals surface area (Å²) in [5, 5.41) is 9.48. The maximum Gasteiger partial charge on any atom is 0.189 e. The van der Waals surface area contributed by atoms with Crippen molar-refractivity contribution in [2.45, 2.75) is 31.8 Å². The highest BCUT2D eigenvalue weighted by Gasteiger charge is 2.24. The van der Waals surface area contributed by atoms with Crippen LogP contribution in [0.15, 0.2) is 29.1 Å². The molecule has 0 aliphatic carbocycles. The molecule has 1 aromatic heterocycles. The van der Waals surface area contributed by atoms with Gasteiger partial charge in [-0.2, -0.15) is 0 Å². The molecule has 2 aromatic rings. The fraction of sp³-hybridized carbons (Fsp3) is 0.438. The van der Waals surface area contributed by atoms with Crippen molar-refractivity contribution in [2.24, 2.45) is 0 Å². The number of nitrogens with zero attached hydrogens (tertiary/aromatic N) is 1. The van der Waals surface area contributed by atoms with Crippen molar-refractivity contribution < 1.29 is 9.50 Å². The molecule has 1 aliphatic heterocycles. The Morgan fingerprint density at radius 1 is 1.38 bits per heavy atom. The highest BCUT2D eigenvalue weighted by atomic mass is 19.1. The topological polar surface area (TPSA) is 56.3 Å². The van der Waals surface area contributed by atoms with E-state index in [0.29, 0.717) is 23.5 Å². The normalized spacial score (nSPS) is 19.4. The van der Waals surface area contributed by atoms with Crippen LogP contribution in [-0.4, -0.2) is 34.2 Å². The van der Waals surface area contributed by atoms with Gasteiger partial charge in [-0.05, 0) is 44.0 Å². The molecule has 2 heterocycles. The van der Waals surface area contributed by atoms with E-state index in [1.54, 1.807) is 12.1 Å². The Hall–Kier alpha value is -1.72. The van der Waals surface area contributed by atoms with Crippen molar-refractivity contribution in [3.05, 3.63) is 46.0 Å². The second kappa shape index (κ2) is 5.95. The summed E-state index contributed by atoms with van der Waals surface area (Å²) in [4.78, 5) is 17.6. The summed E-state index contributed by atoms with van der Waals surface area (Å²) in [6.07, 6.45) is 2.97.